The fraction of sp³-hybridized carbons (Fsp3) is 0.474. The van der Waals surface area contributed by atoms with E-state index in [0.717, 1.165) is 5.56 Å². The Kier molecular flexibility index (Phi) is 9.07. The van der Waals surface area contributed by atoms with Gasteiger partial charge in [0.2, 0.25) is 17.7 Å². The Hall–Kier alpha value is -3.14. The van der Waals surface area contributed by atoms with Crippen LogP contribution in [0.3, 0.4) is 0 Å². The monoisotopic (exact) mass is 408 g/mol. The van der Waals surface area contributed by atoms with Gasteiger partial charge in [-0.25, -0.2) is 4.79 Å². The van der Waals surface area contributed by atoms with E-state index in [1.54, 1.807) is 19.1 Å². The molecule has 160 valence electrons. The fourth-order valence-corrected chi connectivity index (χ4v) is 2.60. The van der Waals surface area contributed by atoms with Crippen molar-refractivity contribution in [3.8, 4) is 5.75 Å². The molecule has 0 spiro atoms. The van der Waals surface area contributed by atoms with Crippen molar-refractivity contribution in [1.29, 1.82) is 0 Å². The van der Waals surface area contributed by atoms with Crippen LogP contribution in [0.4, 0.5) is 0 Å². The summed E-state index contributed by atoms with van der Waals surface area (Å²) in [5.41, 5.74) is 11.7. The second-order valence-corrected chi connectivity index (χ2v) is 6.92. The van der Waals surface area contributed by atoms with Gasteiger partial charge in [-0.3, -0.25) is 14.4 Å². The van der Waals surface area contributed by atoms with E-state index < -0.39 is 48.2 Å². The van der Waals surface area contributed by atoms with E-state index in [2.05, 4.69) is 10.6 Å². The van der Waals surface area contributed by atoms with Gasteiger partial charge in [-0.05, 0) is 30.0 Å². The molecule has 1 aromatic rings. The topological polar surface area (TPSA) is 185 Å². The summed E-state index contributed by atoms with van der Waals surface area (Å²) in [7, 11) is 0. The lowest BCUT2D eigenvalue weighted by atomic mass is 9.96. The highest BCUT2D eigenvalue weighted by atomic mass is 16.4. The lowest BCUT2D eigenvalue weighted by Gasteiger charge is -2.26. The van der Waals surface area contributed by atoms with Crippen LogP contribution in [0.25, 0.3) is 0 Å². The van der Waals surface area contributed by atoms with E-state index in [1.807, 2.05) is 6.92 Å². The van der Waals surface area contributed by atoms with Crippen LogP contribution in [-0.4, -0.2) is 52.0 Å². The third-order valence-electron chi connectivity index (χ3n) is 4.54. The van der Waals surface area contributed by atoms with E-state index >= 15 is 0 Å². The molecule has 3 amide bonds. The van der Waals surface area contributed by atoms with Crippen LogP contribution in [0.15, 0.2) is 24.3 Å². The Labute approximate surface area is 168 Å². The van der Waals surface area contributed by atoms with E-state index in [4.69, 9.17) is 16.6 Å². The minimum absolute atomic E-state index is 0.0872. The minimum atomic E-state index is -1.49. The van der Waals surface area contributed by atoms with E-state index in [9.17, 15) is 24.3 Å². The molecule has 0 aromatic heterocycles. The summed E-state index contributed by atoms with van der Waals surface area (Å²) in [6.07, 6.45) is 0.141. The van der Waals surface area contributed by atoms with Crippen LogP contribution in [0, 0.1) is 5.92 Å². The number of hydrogen-bond donors (Lipinski definition) is 6. The summed E-state index contributed by atoms with van der Waals surface area (Å²) in [4.78, 5) is 47.3. The van der Waals surface area contributed by atoms with Crippen molar-refractivity contribution in [2.24, 2.45) is 17.4 Å². The molecule has 0 aliphatic heterocycles. The highest BCUT2D eigenvalue weighted by Gasteiger charge is 2.31. The molecule has 4 unspecified atom stereocenters. The van der Waals surface area contributed by atoms with Crippen LogP contribution in [0.2, 0.25) is 0 Å². The van der Waals surface area contributed by atoms with Gasteiger partial charge in [0.1, 0.15) is 17.8 Å². The number of hydrogen-bond acceptors (Lipinski definition) is 6. The number of nitrogens with two attached hydrogens (primary N) is 2. The van der Waals surface area contributed by atoms with E-state index in [1.165, 1.54) is 12.1 Å². The molecule has 0 saturated heterocycles. The summed E-state index contributed by atoms with van der Waals surface area (Å²) in [6.45, 7) is 3.53. The van der Waals surface area contributed by atoms with Gasteiger partial charge in [0.25, 0.3) is 0 Å². The molecule has 0 aliphatic carbocycles. The number of amides is 3. The number of rotatable bonds is 11. The van der Waals surface area contributed by atoms with Crippen molar-refractivity contribution in [3.63, 3.8) is 0 Å². The minimum Gasteiger partial charge on any atom is -0.508 e. The van der Waals surface area contributed by atoms with Gasteiger partial charge in [0, 0.05) is 0 Å². The predicted octanol–water partition coefficient (Wildman–Crippen LogP) is -0.762. The van der Waals surface area contributed by atoms with Gasteiger partial charge < -0.3 is 32.3 Å². The molecule has 1 rings (SSSR count). The molecule has 8 N–H and O–H groups in total. The highest BCUT2D eigenvalue weighted by molar-refractivity contribution is 5.93. The summed E-state index contributed by atoms with van der Waals surface area (Å²) in [6, 6.07) is 2.72. The first kappa shape index (κ1) is 23.9. The Morgan fingerprint density at radius 3 is 2.14 bits per heavy atom. The molecule has 10 nitrogen and oxygen atoms in total. The van der Waals surface area contributed by atoms with Gasteiger partial charge in [-0.15, -0.1) is 0 Å². The molecule has 0 fully saturated rings. The number of aliphatic carboxylic acids is 1. The zero-order valence-corrected chi connectivity index (χ0v) is 16.4. The normalized spacial score (nSPS) is 14.9. The van der Waals surface area contributed by atoms with Crippen LogP contribution < -0.4 is 22.1 Å². The highest BCUT2D eigenvalue weighted by Crippen LogP contribution is 2.12. The maximum absolute atomic E-state index is 12.6. The molecule has 1 aromatic carbocycles. The Balaban J connectivity index is 2.84. The zero-order valence-electron chi connectivity index (χ0n) is 16.4. The number of nitrogens with one attached hydrogen (secondary N) is 2. The predicted molar refractivity (Wildman–Crippen MR) is 105 cm³/mol. The van der Waals surface area contributed by atoms with Crippen LogP contribution >= 0.6 is 0 Å². The molecular weight excluding hydrogens is 380 g/mol. The number of primary amides is 1. The van der Waals surface area contributed by atoms with Crippen molar-refractivity contribution in [1.82, 2.24) is 10.6 Å². The standard InChI is InChI=1S/C19H28N4O6/c1-3-10(2)16(18(27)22-14(19(28)29)9-15(21)25)23-17(26)13(20)8-11-4-6-12(24)7-5-11/h4-7,10,13-14,16,24H,3,8-9,20H2,1-2H3,(H2,21,25)(H,22,27)(H,23,26)(H,28,29). The second kappa shape index (κ2) is 11.0. The van der Waals surface area contributed by atoms with Crippen LogP contribution in [-0.2, 0) is 25.6 Å². The number of carbonyl (C=O) groups is 4. The van der Waals surface area contributed by atoms with E-state index in [0.29, 0.717) is 6.42 Å². The quantitative estimate of drug-likeness (QED) is 0.278. The molecule has 0 saturated carbocycles. The first-order valence-electron chi connectivity index (χ1n) is 9.20. The molecule has 29 heavy (non-hydrogen) atoms. The number of benzene rings is 1. The summed E-state index contributed by atoms with van der Waals surface area (Å²) in [5.74, 6) is -3.83. The van der Waals surface area contributed by atoms with Crippen molar-refractivity contribution >= 4 is 23.7 Å². The summed E-state index contributed by atoms with van der Waals surface area (Å²) < 4.78 is 0. The Morgan fingerprint density at radius 1 is 1.07 bits per heavy atom. The lowest BCUT2D eigenvalue weighted by molar-refractivity contribution is -0.144. The van der Waals surface area contributed by atoms with Crippen molar-refractivity contribution in [2.75, 3.05) is 0 Å². The number of phenols is 1. The van der Waals surface area contributed by atoms with Crippen molar-refractivity contribution < 1.29 is 29.4 Å². The lowest BCUT2D eigenvalue weighted by Crippen LogP contribution is -2.57. The average Bonchev–Trinajstić information content (AvgIpc) is 2.65. The van der Waals surface area contributed by atoms with Crippen LogP contribution in [0.1, 0.15) is 32.3 Å². The van der Waals surface area contributed by atoms with E-state index in [-0.39, 0.29) is 18.1 Å². The van der Waals surface area contributed by atoms with Crippen molar-refractivity contribution in [3.05, 3.63) is 29.8 Å². The Bertz CT molecular complexity index is 737. The molecule has 0 bridgehead atoms. The molecule has 4 atom stereocenters. The molecule has 10 heteroatoms. The summed E-state index contributed by atoms with van der Waals surface area (Å²) >= 11 is 0. The first-order valence-corrected chi connectivity index (χ1v) is 9.20. The number of carboxylic acids is 1. The average molecular weight is 408 g/mol. The fourth-order valence-electron chi connectivity index (χ4n) is 2.60. The van der Waals surface area contributed by atoms with Gasteiger partial charge in [0.15, 0.2) is 0 Å². The number of carbonyl (C=O) groups excluding carboxylic acids is 3. The number of phenolic OH excluding ortho intramolecular Hbond substituents is 1. The maximum Gasteiger partial charge on any atom is 0.326 e. The van der Waals surface area contributed by atoms with Gasteiger partial charge in [-0.1, -0.05) is 32.4 Å². The molecular formula is C19H28N4O6. The van der Waals surface area contributed by atoms with Gasteiger partial charge >= 0.3 is 5.97 Å². The molecule has 0 heterocycles. The second-order valence-electron chi connectivity index (χ2n) is 6.92. The smallest absolute Gasteiger partial charge is 0.326 e. The zero-order chi connectivity index (χ0) is 22.1. The largest absolute Gasteiger partial charge is 0.508 e. The van der Waals surface area contributed by atoms with Gasteiger partial charge in [-0.2, -0.15) is 0 Å². The number of carboxylic acid groups (broad SMARTS) is 1. The first-order chi connectivity index (χ1) is 13.5. The SMILES string of the molecule is CCC(C)C(NC(=O)C(N)Cc1ccc(O)cc1)C(=O)NC(CC(N)=O)C(=O)O. The van der Waals surface area contributed by atoms with Gasteiger partial charge in [0.05, 0.1) is 12.5 Å². The third-order valence-corrected chi connectivity index (χ3v) is 4.54. The Morgan fingerprint density at radius 2 is 1.66 bits per heavy atom. The summed E-state index contributed by atoms with van der Waals surface area (Å²) in [5, 5.41) is 23.3. The third kappa shape index (κ3) is 7.78. The molecule has 0 radical (unpaired) electrons. The van der Waals surface area contributed by atoms with Crippen molar-refractivity contribution in [2.45, 2.75) is 51.2 Å². The molecule has 0 aliphatic rings. The number of aromatic hydroxyl groups is 1. The maximum atomic E-state index is 12.6. The van der Waals surface area contributed by atoms with Crippen LogP contribution in [0.5, 0.6) is 5.75 Å².